The topological polar surface area (TPSA) is 42.2 Å². The molecule has 0 aliphatic rings. The highest BCUT2D eigenvalue weighted by molar-refractivity contribution is 14.1. The van der Waals surface area contributed by atoms with E-state index >= 15 is 0 Å². The van der Waals surface area contributed by atoms with E-state index in [0.717, 1.165) is 37.6 Å². The second-order valence-electron chi connectivity index (χ2n) is 6.60. The Kier molecular flexibility index (Phi) is 6.58. The molecule has 3 nitrogen and oxygen atoms in total. The first kappa shape index (κ1) is 20.2. The number of rotatable bonds is 6. The van der Waals surface area contributed by atoms with Crippen LogP contribution in [0.1, 0.15) is 31.4 Å². The zero-order valence-corrected chi connectivity index (χ0v) is 18.4. The van der Waals surface area contributed by atoms with Crippen molar-refractivity contribution in [3.8, 4) is 17.6 Å². The normalized spacial score (nSPS) is 12.5. The molecule has 0 saturated carbocycles. The molecule has 142 valence electrons. The lowest BCUT2D eigenvalue weighted by molar-refractivity contribution is 0.206. The summed E-state index contributed by atoms with van der Waals surface area (Å²) in [5.41, 5.74) is 2.41. The molecule has 0 unspecified atom stereocenters. The molecule has 3 aromatic carbocycles. The van der Waals surface area contributed by atoms with E-state index in [-0.39, 0.29) is 6.10 Å². The molecular weight excluding hydrogens is 461 g/mol. The average Bonchev–Trinajstić information content (AvgIpc) is 2.73. The number of nitrogens with zero attached hydrogens (tertiary/aromatic N) is 1. The minimum absolute atomic E-state index is 0.107. The zero-order chi connectivity index (χ0) is 20.1. The minimum Gasteiger partial charge on any atom is -0.493 e. The number of methoxy groups -OCH3 is 1. The third-order valence-electron chi connectivity index (χ3n) is 4.64. The van der Waals surface area contributed by atoms with Gasteiger partial charge in [0.1, 0.15) is 0 Å². The van der Waals surface area contributed by atoms with E-state index < -0.39 is 0 Å². The lowest BCUT2D eigenvalue weighted by Crippen LogP contribution is -2.11. The first-order valence-corrected chi connectivity index (χ1v) is 10.3. The van der Waals surface area contributed by atoms with E-state index in [4.69, 9.17) is 9.47 Å². The molecule has 0 radical (unpaired) electrons. The van der Waals surface area contributed by atoms with Crippen LogP contribution in [0.25, 0.3) is 22.4 Å². The first-order chi connectivity index (χ1) is 13.5. The Hall–Kier alpha value is -2.52. The van der Waals surface area contributed by atoms with Gasteiger partial charge in [0.15, 0.2) is 11.5 Å². The summed E-state index contributed by atoms with van der Waals surface area (Å²) in [5.74, 6) is 1.42. The number of nitriles is 1. The van der Waals surface area contributed by atoms with Gasteiger partial charge in [0.05, 0.1) is 28.4 Å². The maximum Gasteiger partial charge on any atom is 0.174 e. The van der Waals surface area contributed by atoms with Crippen molar-refractivity contribution < 1.29 is 9.47 Å². The minimum atomic E-state index is 0.107. The molecule has 0 bridgehead atoms. The van der Waals surface area contributed by atoms with Crippen LogP contribution in [-0.4, -0.2) is 13.2 Å². The van der Waals surface area contributed by atoms with Gasteiger partial charge in [-0.15, -0.1) is 0 Å². The number of hydrogen-bond donors (Lipinski definition) is 0. The summed E-state index contributed by atoms with van der Waals surface area (Å²) < 4.78 is 12.5. The van der Waals surface area contributed by atoms with Gasteiger partial charge in [-0.05, 0) is 82.1 Å². The fourth-order valence-corrected chi connectivity index (χ4v) is 3.68. The molecule has 0 saturated heterocycles. The molecule has 0 spiro atoms. The van der Waals surface area contributed by atoms with E-state index in [2.05, 4.69) is 47.7 Å². The quantitative estimate of drug-likeness (QED) is 0.223. The smallest absolute Gasteiger partial charge is 0.174 e. The maximum atomic E-state index is 9.74. The van der Waals surface area contributed by atoms with Crippen LogP contribution in [0, 0.1) is 14.9 Å². The van der Waals surface area contributed by atoms with Gasteiger partial charge in [-0.25, -0.2) is 0 Å². The molecule has 3 rings (SSSR count). The Labute approximate surface area is 179 Å². The van der Waals surface area contributed by atoms with Crippen molar-refractivity contribution in [1.29, 1.82) is 5.26 Å². The molecular formula is C24H22INO2. The highest BCUT2D eigenvalue weighted by atomic mass is 127. The van der Waals surface area contributed by atoms with Gasteiger partial charge >= 0.3 is 0 Å². The van der Waals surface area contributed by atoms with Gasteiger partial charge in [-0.3, -0.25) is 0 Å². The van der Waals surface area contributed by atoms with Crippen LogP contribution in [0.5, 0.6) is 11.5 Å². The average molecular weight is 483 g/mol. The Balaban J connectivity index is 2.02. The van der Waals surface area contributed by atoms with E-state index in [0.29, 0.717) is 11.3 Å². The van der Waals surface area contributed by atoms with Crippen molar-refractivity contribution in [2.24, 2.45) is 0 Å². The predicted molar refractivity (Wildman–Crippen MR) is 124 cm³/mol. The number of ether oxygens (including phenoxy) is 2. The summed E-state index contributed by atoms with van der Waals surface area (Å²) in [4.78, 5) is 0. The third-order valence-corrected chi connectivity index (χ3v) is 5.44. The summed E-state index contributed by atoms with van der Waals surface area (Å²) in [5, 5.41) is 12.0. The zero-order valence-electron chi connectivity index (χ0n) is 16.2. The SMILES string of the molecule is CC[C@@H](C)Oc1c(I)cc(/C=C(/C#N)c2ccc3ccccc3c2)cc1OC. The molecule has 4 heteroatoms. The van der Waals surface area contributed by atoms with Crippen molar-refractivity contribution in [3.63, 3.8) is 0 Å². The van der Waals surface area contributed by atoms with E-state index in [1.165, 1.54) is 0 Å². The summed E-state index contributed by atoms with van der Waals surface area (Å²) in [6.45, 7) is 4.13. The summed E-state index contributed by atoms with van der Waals surface area (Å²) in [7, 11) is 1.64. The predicted octanol–water partition coefficient (Wildman–Crippen LogP) is 6.69. The fraction of sp³-hybridized carbons (Fsp3) is 0.208. The van der Waals surface area contributed by atoms with E-state index in [1.807, 2.05) is 55.5 Å². The highest BCUT2D eigenvalue weighted by Crippen LogP contribution is 2.36. The fourth-order valence-electron chi connectivity index (χ4n) is 2.93. The van der Waals surface area contributed by atoms with Gasteiger partial charge in [0.2, 0.25) is 0 Å². The van der Waals surface area contributed by atoms with Crippen molar-refractivity contribution in [2.75, 3.05) is 7.11 Å². The summed E-state index contributed by atoms with van der Waals surface area (Å²) in [6.07, 6.45) is 2.92. The van der Waals surface area contributed by atoms with Crippen LogP contribution in [0.3, 0.4) is 0 Å². The molecule has 0 aliphatic heterocycles. The second kappa shape index (κ2) is 9.11. The Morgan fingerprint density at radius 3 is 2.57 bits per heavy atom. The molecule has 0 amide bonds. The van der Waals surface area contributed by atoms with E-state index in [9.17, 15) is 5.26 Å². The van der Waals surface area contributed by atoms with Crippen molar-refractivity contribution in [2.45, 2.75) is 26.4 Å². The number of benzene rings is 3. The van der Waals surface area contributed by atoms with Gasteiger partial charge in [-0.2, -0.15) is 5.26 Å². The largest absolute Gasteiger partial charge is 0.493 e. The van der Waals surface area contributed by atoms with Gasteiger partial charge < -0.3 is 9.47 Å². The first-order valence-electron chi connectivity index (χ1n) is 9.20. The van der Waals surface area contributed by atoms with Gasteiger partial charge in [0.25, 0.3) is 0 Å². The molecule has 0 heterocycles. The molecule has 0 N–H and O–H groups in total. The lowest BCUT2D eigenvalue weighted by Gasteiger charge is -2.17. The van der Waals surface area contributed by atoms with Crippen LogP contribution >= 0.6 is 22.6 Å². The standard InChI is InChI=1S/C24H22INO2/c1-4-16(2)28-24-22(25)12-17(13-23(24)27-3)11-21(15-26)20-10-9-18-7-5-6-8-19(18)14-20/h5-14,16H,4H2,1-3H3/b21-11-/t16-/m1/s1. The van der Waals surface area contributed by atoms with E-state index in [1.54, 1.807) is 7.11 Å². The summed E-state index contributed by atoms with van der Waals surface area (Å²) >= 11 is 2.25. The van der Waals surface area contributed by atoms with Crippen LogP contribution in [0.2, 0.25) is 0 Å². The van der Waals surface area contributed by atoms with Crippen LogP contribution < -0.4 is 9.47 Å². The third kappa shape index (κ3) is 4.48. The number of fused-ring (bicyclic) bond motifs is 1. The molecule has 28 heavy (non-hydrogen) atoms. The lowest BCUT2D eigenvalue weighted by atomic mass is 10.00. The van der Waals surface area contributed by atoms with Crippen molar-refractivity contribution >= 4 is 45.0 Å². The number of halogens is 1. The molecule has 0 aliphatic carbocycles. The number of allylic oxidation sites excluding steroid dienone is 1. The molecule has 3 aromatic rings. The molecule has 0 fully saturated rings. The maximum absolute atomic E-state index is 9.74. The van der Waals surface area contributed by atoms with Crippen LogP contribution in [0.15, 0.2) is 54.6 Å². The van der Waals surface area contributed by atoms with Crippen molar-refractivity contribution in [1.82, 2.24) is 0 Å². The monoisotopic (exact) mass is 483 g/mol. The van der Waals surface area contributed by atoms with Crippen LogP contribution in [-0.2, 0) is 0 Å². The second-order valence-corrected chi connectivity index (χ2v) is 7.76. The van der Waals surface area contributed by atoms with Gasteiger partial charge in [-0.1, -0.05) is 43.3 Å². The number of hydrogen-bond acceptors (Lipinski definition) is 3. The molecule has 1 atom stereocenters. The molecule has 0 aromatic heterocycles. The Bertz CT molecular complexity index is 1070. The Morgan fingerprint density at radius 1 is 1.14 bits per heavy atom. The Morgan fingerprint density at radius 2 is 1.89 bits per heavy atom. The van der Waals surface area contributed by atoms with Crippen molar-refractivity contribution in [3.05, 3.63) is 69.3 Å². The summed E-state index contributed by atoms with van der Waals surface area (Å²) in [6, 6.07) is 20.5. The van der Waals surface area contributed by atoms with Crippen LogP contribution in [0.4, 0.5) is 0 Å². The van der Waals surface area contributed by atoms with Gasteiger partial charge in [0, 0.05) is 0 Å². The highest BCUT2D eigenvalue weighted by Gasteiger charge is 2.14.